The molecule has 0 bridgehead atoms. The molecule has 3 unspecified atom stereocenters. The second-order valence-electron chi connectivity index (χ2n) is 20.2. The maximum atomic E-state index is 14.0. The second-order valence-corrected chi connectivity index (χ2v) is 27.6. The first kappa shape index (κ1) is 54.2. The minimum atomic E-state index is -5.79. The lowest BCUT2D eigenvalue weighted by Gasteiger charge is -2.39. The van der Waals surface area contributed by atoms with Gasteiger partial charge in [-0.05, 0) is 87.8 Å². The number of nitrogens with two attached hydrogens (primary N) is 1. The van der Waals surface area contributed by atoms with Crippen LogP contribution in [-0.4, -0.2) is 113 Å². The third-order valence-corrected chi connectivity index (χ3v) is 21.2. The Morgan fingerprint density at radius 1 is 0.922 bits per heavy atom. The smallest absolute Gasteiger partial charge is 0.490 e. The summed E-state index contributed by atoms with van der Waals surface area (Å²) in [6.07, 6.45) is 7.43. The maximum Gasteiger partial charge on any atom is 0.490 e. The van der Waals surface area contributed by atoms with E-state index in [0.717, 1.165) is 105 Å². The number of aromatic carboxylic acids is 1. The largest absolute Gasteiger partial charge is 0.545 e. The Bertz CT molecular complexity index is 3540. The number of fused-ring (bicyclic) bond motifs is 5. The molecule has 5 atom stereocenters. The van der Waals surface area contributed by atoms with Crippen molar-refractivity contribution in [1.82, 2.24) is 29.4 Å². The average Bonchev–Trinajstić information content (AvgIpc) is 4.20. The summed E-state index contributed by atoms with van der Waals surface area (Å²) >= 11 is 0. The van der Waals surface area contributed by atoms with E-state index in [0.29, 0.717) is 11.2 Å². The molecule has 6 aliphatic rings. The van der Waals surface area contributed by atoms with Crippen molar-refractivity contribution in [2.45, 2.75) is 94.8 Å². The van der Waals surface area contributed by atoms with Crippen LogP contribution in [0.1, 0.15) is 106 Å². The zero-order chi connectivity index (χ0) is 54.2. The number of amides is 1. The van der Waals surface area contributed by atoms with Crippen molar-refractivity contribution in [1.29, 1.82) is 0 Å². The quantitative estimate of drug-likeness (QED) is 0.0234. The maximum absolute atomic E-state index is 14.0. The van der Waals surface area contributed by atoms with Crippen LogP contribution in [0.15, 0.2) is 43.0 Å². The number of aromatic nitrogens is 4. The van der Waals surface area contributed by atoms with Crippen LogP contribution in [-0.2, 0) is 62.0 Å². The van der Waals surface area contributed by atoms with Crippen molar-refractivity contribution in [3.63, 3.8) is 0 Å². The number of nitrogens with zero attached hydrogens (tertiary/aromatic N) is 6. The molecule has 6 aliphatic heterocycles. The monoisotopic (exact) mass is 1160 g/mol. The summed E-state index contributed by atoms with van der Waals surface area (Å²) in [5.74, 6) is -0.218. The fraction of sp³-hybridized carbons (Fsp3) is 0.458. The van der Waals surface area contributed by atoms with Gasteiger partial charge in [-0.2, -0.15) is 8.62 Å². The van der Waals surface area contributed by atoms with Gasteiger partial charge in [-0.25, -0.2) is 33.2 Å². The van der Waals surface area contributed by atoms with E-state index in [1.165, 1.54) is 78.2 Å². The number of aryl methyl sites for hydroxylation is 2. The van der Waals surface area contributed by atoms with E-state index in [1.807, 2.05) is 13.8 Å². The lowest BCUT2D eigenvalue weighted by molar-refractivity contribution is -0.255. The summed E-state index contributed by atoms with van der Waals surface area (Å²) in [6, 6.07) is 9.18. The molecule has 77 heavy (non-hydrogen) atoms. The molecule has 8 heterocycles. The highest BCUT2D eigenvalue weighted by Crippen LogP contribution is 2.66. The van der Waals surface area contributed by atoms with Crippen molar-refractivity contribution in [3.8, 4) is 11.5 Å². The van der Waals surface area contributed by atoms with Gasteiger partial charge in [-0.3, -0.25) is 13.9 Å². The van der Waals surface area contributed by atoms with Crippen LogP contribution >= 0.6 is 45.1 Å². The summed E-state index contributed by atoms with van der Waals surface area (Å²) in [7, 11) is -14.3. The number of rotatable bonds is 18. The Kier molecular flexibility index (Phi) is 14.8. The van der Waals surface area contributed by atoms with Crippen molar-refractivity contribution < 1.29 is 75.3 Å². The molecule has 410 valence electrons. The molecule has 1 saturated heterocycles. The van der Waals surface area contributed by atoms with E-state index in [2.05, 4.69) is 50.5 Å². The Morgan fingerprint density at radius 3 is 2.45 bits per heavy atom. The number of nitrogen functional groups attached to an aromatic ring is 1. The van der Waals surface area contributed by atoms with Crippen molar-refractivity contribution in [3.05, 3.63) is 98.1 Å². The van der Waals surface area contributed by atoms with Crippen LogP contribution in [0.4, 0.5) is 11.5 Å². The normalized spacial score (nSPS) is 21.3. The highest BCUT2D eigenvalue weighted by molar-refractivity contribution is 8.77. The van der Waals surface area contributed by atoms with Gasteiger partial charge < -0.3 is 59.6 Å². The summed E-state index contributed by atoms with van der Waals surface area (Å²) in [4.78, 5) is 79.9. The van der Waals surface area contributed by atoms with Gasteiger partial charge in [-0.15, -0.1) is 0 Å². The molecule has 1 amide bonds. The van der Waals surface area contributed by atoms with Crippen LogP contribution < -0.4 is 40.9 Å². The minimum absolute atomic E-state index is 0.00596. The lowest BCUT2D eigenvalue weighted by Crippen LogP contribution is -2.45. The first-order valence-corrected chi connectivity index (χ1v) is 31.8. The fourth-order valence-electron chi connectivity index (χ4n) is 11.3. The van der Waals surface area contributed by atoms with E-state index in [4.69, 9.17) is 34.3 Å². The third kappa shape index (κ3) is 11.1. The molecule has 29 heteroatoms. The molecule has 0 aliphatic carbocycles. The van der Waals surface area contributed by atoms with Gasteiger partial charge in [0.05, 0.1) is 30.6 Å². The van der Waals surface area contributed by atoms with Gasteiger partial charge >= 0.3 is 23.5 Å². The van der Waals surface area contributed by atoms with Crippen LogP contribution in [0.5, 0.6) is 11.5 Å². The number of hydrogen-bond acceptors (Lipinski definition) is 19. The molecule has 3 aromatic carbocycles. The van der Waals surface area contributed by atoms with E-state index < -0.39 is 65.1 Å². The van der Waals surface area contributed by atoms with Gasteiger partial charge in [0.25, 0.3) is 5.91 Å². The summed E-state index contributed by atoms with van der Waals surface area (Å²) in [5, 5.41) is 18.4. The number of carboxylic acids is 1. The van der Waals surface area contributed by atoms with Gasteiger partial charge in [0.2, 0.25) is 5.36 Å². The topological polar surface area (TPSA) is 333 Å². The number of anilines is 2. The van der Waals surface area contributed by atoms with Crippen LogP contribution in [0.25, 0.3) is 16.7 Å². The van der Waals surface area contributed by atoms with Gasteiger partial charge in [0.15, 0.2) is 11.5 Å². The van der Waals surface area contributed by atoms with Crippen molar-refractivity contribution in [2.24, 2.45) is 0 Å². The standard InChI is InChI=1S/C48H55N8O16P3S2/c1-48(2,77-76-25-67-35-20-37(56-24-53-39-44(49)51-23-52-45(39)56)69-36(35)21-68-74(63,64)72-75(65,66)71-73(60,61)62)22-50-46(57)28-11-12-29(32(19-28)47(58)59)38-33-17-26-7-3-13-54-15-5-9-30(40(26)54)42(33)70-43-31-10-6-16-55-14-4-8-27(41(31)55)18-34(38)43/h11-12,17-19,23-24,35-37H,3-10,13-16,20-22,25H2,1-2H3,(H7-,49,50,51,52,57,58,59,60,61,62,63,64,65,66)/t35?,36-,37-/m1/s1. The van der Waals surface area contributed by atoms with Crippen molar-refractivity contribution >= 4 is 85.2 Å². The number of phosphoric ester groups is 1. The molecule has 0 radical (unpaired) electrons. The molecule has 7 N–H and O–H groups in total. The van der Waals surface area contributed by atoms with Crippen LogP contribution in [0.3, 0.4) is 0 Å². The second kappa shape index (κ2) is 21.0. The molecule has 0 spiro atoms. The number of hydrogen-bond donors (Lipinski definition) is 6. The molecule has 0 saturated carbocycles. The van der Waals surface area contributed by atoms with Crippen LogP contribution in [0.2, 0.25) is 0 Å². The zero-order valence-electron chi connectivity index (χ0n) is 41.7. The Hall–Kier alpha value is -4.75. The predicted octanol–water partition coefficient (Wildman–Crippen LogP) is 3.77. The van der Waals surface area contributed by atoms with Gasteiger partial charge in [-0.1, -0.05) is 27.7 Å². The highest BCUT2D eigenvalue weighted by atomic mass is 33.1. The zero-order valence-corrected chi connectivity index (χ0v) is 46.0. The third-order valence-electron chi connectivity index (χ3n) is 14.4. The molecular formula is C48H55N8O16P3S2. The van der Waals surface area contributed by atoms with E-state index in [1.54, 1.807) is 12.1 Å². The van der Waals surface area contributed by atoms with Gasteiger partial charge in [0.1, 0.15) is 54.7 Å². The molecule has 1 fully saturated rings. The van der Waals surface area contributed by atoms with Crippen LogP contribution in [0, 0.1) is 0 Å². The Labute approximate surface area is 448 Å². The summed E-state index contributed by atoms with van der Waals surface area (Å²) in [6.45, 7) is 7.11. The summed E-state index contributed by atoms with van der Waals surface area (Å²) < 4.78 is 71.2. The highest BCUT2D eigenvalue weighted by Gasteiger charge is 2.44. The number of nitrogens with one attached hydrogen (secondary N) is 1. The van der Waals surface area contributed by atoms with Crippen molar-refractivity contribution in [2.75, 3.05) is 55.9 Å². The van der Waals surface area contributed by atoms with E-state index in [-0.39, 0.29) is 41.4 Å². The number of imidazole rings is 1. The predicted molar refractivity (Wildman–Crippen MR) is 280 cm³/mol. The number of carbonyl (C=O) groups is 2. The summed E-state index contributed by atoms with van der Waals surface area (Å²) in [5.41, 5.74) is 14.7. The first-order chi connectivity index (χ1) is 36.6. The first-order valence-electron chi connectivity index (χ1n) is 25.0. The Balaban J connectivity index is 0.799. The van der Waals surface area contributed by atoms with E-state index in [9.17, 15) is 38.2 Å². The van der Waals surface area contributed by atoms with Gasteiger partial charge in [0, 0.05) is 87.9 Å². The molecule has 5 aromatic rings. The molecule has 24 nitrogen and oxygen atoms in total. The minimum Gasteiger partial charge on any atom is -0.545 e. The Morgan fingerprint density at radius 2 is 1.68 bits per heavy atom. The molecule has 11 rings (SSSR count). The number of benzene rings is 3. The SMILES string of the molecule is CC(C)(CNC(=O)c1ccc(C2=c3cc4c5c(c3Oc3c2cc2c6c3CCCN6CCC2)CCC[N+]=5CCC4)c(C(=O)[O-])c1)SSCOC1C[C@H](n2cnc3c(N)ncnc32)O[C@@H]1COP(=O)(O)OP(=O)(O)OP(=O)(O)O. The number of carboxylic acid groups (broad SMARTS) is 1. The average molecular weight is 1160 g/mol. The fourth-order valence-corrected chi connectivity index (χ4v) is 16.6. The number of phosphoric acid groups is 3. The molecule has 2 aromatic heterocycles. The number of ether oxygens (including phenoxy) is 3. The number of carbonyl (C=O) groups excluding carboxylic acids is 2. The molecular weight excluding hydrogens is 1100 g/mol. The lowest BCUT2D eigenvalue weighted by atomic mass is 9.81. The van der Waals surface area contributed by atoms with E-state index >= 15 is 0 Å².